The molecule has 0 atom stereocenters. The number of carbonyl (C=O) groups excluding carboxylic acids is 2. The van der Waals surface area contributed by atoms with Crippen LogP contribution < -0.4 is 10.1 Å². The Hall–Kier alpha value is -2.53. The van der Waals surface area contributed by atoms with E-state index in [1.165, 1.54) is 7.11 Å². The smallest absolute Gasteiger partial charge is 0.338 e. The molecule has 1 N–H and O–H groups in total. The minimum atomic E-state index is -0.426. The van der Waals surface area contributed by atoms with Gasteiger partial charge in [0.15, 0.2) is 0 Å². The summed E-state index contributed by atoms with van der Waals surface area (Å²) >= 11 is 5.81. The molecular weight excluding hydrogens is 342 g/mol. The standard InChI is InChI=1S/C19H20ClNO4/c1-13-16(19(23)24-2)5-3-6-17(13)21-18(22)7-4-12-25-15-10-8-14(20)9-11-15/h3,5-6,8-11H,4,7,12H2,1-2H3,(H,21,22). The van der Waals surface area contributed by atoms with Crippen LogP contribution in [0.15, 0.2) is 42.5 Å². The minimum absolute atomic E-state index is 0.134. The summed E-state index contributed by atoms with van der Waals surface area (Å²) in [6, 6.07) is 12.2. The lowest BCUT2D eigenvalue weighted by molar-refractivity contribution is -0.116. The Morgan fingerprint density at radius 3 is 2.52 bits per heavy atom. The Labute approximate surface area is 151 Å². The Balaban J connectivity index is 1.82. The first kappa shape index (κ1) is 18.8. The molecule has 0 aliphatic carbocycles. The van der Waals surface area contributed by atoms with E-state index >= 15 is 0 Å². The normalized spacial score (nSPS) is 10.2. The molecule has 0 radical (unpaired) electrons. The van der Waals surface area contributed by atoms with Crippen LogP contribution in [0.25, 0.3) is 0 Å². The highest BCUT2D eigenvalue weighted by Crippen LogP contribution is 2.20. The fourth-order valence-electron chi connectivity index (χ4n) is 2.27. The number of nitrogens with one attached hydrogen (secondary N) is 1. The second-order valence-electron chi connectivity index (χ2n) is 5.42. The number of anilines is 1. The lowest BCUT2D eigenvalue weighted by Crippen LogP contribution is -2.15. The average molecular weight is 362 g/mol. The van der Waals surface area contributed by atoms with Crippen LogP contribution >= 0.6 is 11.6 Å². The first-order chi connectivity index (χ1) is 12.0. The van der Waals surface area contributed by atoms with Gasteiger partial charge in [-0.25, -0.2) is 4.79 Å². The fraction of sp³-hybridized carbons (Fsp3) is 0.263. The zero-order valence-corrected chi connectivity index (χ0v) is 14.9. The van der Waals surface area contributed by atoms with Crippen LogP contribution in [0.5, 0.6) is 5.75 Å². The molecule has 0 unspecified atom stereocenters. The average Bonchev–Trinajstić information content (AvgIpc) is 2.61. The van der Waals surface area contributed by atoms with Gasteiger partial charge in [-0.05, 0) is 55.3 Å². The molecule has 6 heteroatoms. The van der Waals surface area contributed by atoms with E-state index in [4.69, 9.17) is 21.1 Å². The number of hydrogen-bond donors (Lipinski definition) is 1. The third-order valence-corrected chi connectivity index (χ3v) is 3.90. The summed E-state index contributed by atoms with van der Waals surface area (Å²) in [5.41, 5.74) is 1.72. The van der Waals surface area contributed by atoms with Crippen molar-refractivity contribution in [2.45, 2.75) is 19.8 Å². The molecule has 0 saturated heterocycles. The zero-order valence-electron chi connectivity index (χ0n) is 14.2. The number of methoxy groups -OCH3 is 1. The second-order valence-corrected chi connectivity index (χ2v) is 5.86. The van der Waals surface area contributed by atoms with E-state index in [9.17, 15) is 9.59 Å². The van der Waals surface area contributed by atoms with Gasteiger partial charge < -0.3 is 14.8 Å². The predicted octanol–water partition coefficient (Wildman–Crippen LogP) is 4.23. The molecule has 0 aromatic heterocycles. The number of halogens is 1. The van der Waals surface area contributed by atoms with E-state index in [1.807, 2.05) is 0 Å². The SMILES string of the molecule is COC(=O)c1cccc(NC(=O)CCCOc2ccc(Cl)cc2)c1C. The first-order valence-electron chi connectivity index (χ1n) is 7.87. The Kier molecular flexibility index (Phi) is 6.83. The van der Waals surface area contributed by atoms with Crippen molar-refractivity contribution in [1.29, 1.82) is 0 Å². The molecule has 0 spiro atoms. The maximum Gasteiger partial charge on any atom is 0.338 e. The number of amides is 1. The molecule has 0 saturated carbocycles. The quantitative estimate of drug-likeness (QED) is 0.592. The van der Waals surface area contributed by atoms with E-state index in [0.29, 0.717) is 47.0 Å². The van der Waals surface area contributed by atoms with Crippen molar-refractivity contribution in [2.75, 3.05) is 19.0 Å². The number of rotatable bonds is 7. The van der Waals surface area contributed by atoms with E-state index in [2.05, 4.69) is 5.32 Å². The van der Waals surface area contributed by atoms with Gasteiger partial charge in [0.05, 0.1) is 19.3 Å². The van der Waals surface area contributed by atoms with Gasteiger partial charge in [-0.3, -0.25) is 4.79 Å². The summed E-state index contributed by atoms with van der Waals surface area (Å²) in [4.78, 5) is 23.8. The summed E-state index contributed by atoms with van der Waals surface area (Å²) < 4.78 is 10.3. The van der Waals surface area contributed by atoms with Crippen molar-refractivity contribution >= 4 is 29.2 Å². The van der Waals surface area contributed by atoms with Gasteiger partial charge in [-0.1, -0.05) is 17.7 Å². The maximum absolute atomic E-state index is 12.1. The summed E-state index contributed by atoms with van der Waals surface area (Å²) in [6.45, 7) is 2.20. The third-order valence-electron chi connectivity index (χ3n) is 3.64. The highest BCUT2D eigenvalue weighted by molar-refractivity contribution is 6.30. The van der Waals surface area contributed by atoms with E-state index in [1.54, 1.807) is 49.4 Å². The van der Waals surface area contributed by atoms with Gasteiger partial charge in [0.2, 0.25) is 5.91 Å². The summed E-state index contributed by atoms with van der Waals surface area (Å²) in [5, 5.41) is 3.47. The van der Waals surface area contributed by atoms with Crippen LogP contribution in [0, 0.1) is 6.92 Å². The molecular formula is C19H20ClNO4. The van der Waals surface area contributed by atoms with E-state index in [0.717, 1.165) is 0 Å². The minimum Gasteiger partial charge on any atom is -0.494 e. The molecule has 2 aromatic carbocycles. The van der Waals surface area contributed by atoms with Gasteiger partial charge in [0.25, 0.3) is 0 Å². The molecule has 0 bridgehead atoms. The van der Waals surface area contributed by atoms with Crippen LogP contribution in [-0.4, -0.2) is 25.6 Å². The number of carbonyl (C=O) groups is 2. The molecule has 0 heterocycles. The van der Waals surface area contributed by atoms with Crippen LogP contribution in [-0.2, 0) is 9.53 Å². The molecule has 2 aromatic rings. The van der Waals surface area contributed by atoms with Crippen molar-refractivity contribution in [3.8, 4) is 5.75 Å². The molecule has 0 aliphatic heterocycles. The molecule has 2 rings (SSSR count). The van der Waals surface area contributed by atoms with Gasteiger partial charge in [0.1, 0.15) is 5.75 Å². The van der Waals surface area contributed by atoms with Gasteiger partial charge in [0, 0.05) is 17.1 Å². The Morgan fingerprint density at radius 2 is 1.84 bits per heavy atom. The van der Waals surface area contributed by atoms with Crippen molar-refractivity contribution in [3.05, 3.63) is 58.6 Å². The second kappa shape index (κ2) is 9.08. The van der Waals surface area contributed by atoms with Crippen LogP contribution in [0.3, 0.4) is 0 Å². The molecule has 5 nitrogen and oxygen atoms in total. The van der Waals surface area contributed by atoms with Gasteiger partial charge in [-0.2, -0.15) is 0 Å². The lowest BCUT2D eigenvalue weighted by Gasteiger charge is -2.11. The van der Waals surface area contributed by atoms with Crippen molar-refractivity contribution in [2.24, 2.45) is 0 Å². The topological polar surface area (TPSA) is 64.6 Å². The molecule has 0 aliphatic rings. The van der Waals surface area contributed by atoms with Crippen molar-refractivity contribution in [1.82, 2.24) is 0 Å². The largest absolute Gasteiger partial charge is 0.494 e. The van der Waals surface area contributed by atoms with Gasteiger partial charge >= 0.3 is 5.97 Å². The van der Waals surface area contributed by atoms with Crippen LogP contribution in [0.4, 0.5) is 5.69 Å². The van der Waals surface area contributed by atoms with Crippen LogP contribution in [0.1, 0.15) is 28.8 Å². The van der Waals surface area contributed by atoms with E-state index < -0.39 is 5.97 Å². The maximum atomic E-state index is 12.1. The van der Waals surface area contributed by atoms with Crippen LogP contribution in [0.2, 0.25) is 5.02 Å². The number of esters is 1. The summed E-state index contributed by atoms with van der Waals surface area (Å²) in [7, 11) is 1.33. The molecule has 132 valence electrons. The third kappa shape index (κ3) is 5.50. The predicted molar refractivity (Wildman–Crippen MR) is 97.3 cm³/mol. The Bertz CT molecular complexity index is 744. The molecule has 1 amide bonds. The molecule has 25 heavy (non-hydrogen) atoms. The number of hydrogen-bond acceptors (Lipinski definition) is 4. The van der Waals surface area contributed by atoms with Crippen molar-refractivity contribution < 1.29 is 19.1 Å². The monoisotopic (exact) mass is 361 g/mol. The number of ether oxygens (including phenoxy) is 2. The fourth-order valence-corrected chi connectivity index (χ4v) is 2.39. The van der Waals surface area contributed by atoms with Gasteiger partial charge in [-0.15, -0.1) is 0 Å². The highest BCUT2D eigenvalue weighted by Gasteiger charge is 2.13. The Morgan fingerprint density at radius 1 is 1.12 bits per heavy atom. The summed E-state index contributed by atoms with van der Waals surface area (Å²) in [5.74, 6) is 0.154. The van der Waals surface area contributed by atoms with E-state index in [-0.39, 0.29) is 5.91 Å². The first-order valence-corrected chi connectivity index (χ1v) is 8.25. The van der Waals surface area contributed by atoms with Crippen molar-refractivity contribution in [3.63, 3.8) is 0 Å². The molecule has 0 fully saturated rings. The zero-order chi connectivity index (χ0) is 18.2. The lowest BCUT2D eigenvalue weighted by atomic mass is 10.1. The highest BCUT2D eigenvalue weighted by atomic mass is 35.5. The summed E-state index contributed by atoms with van der Waals surface area (Å²) in [6.07, 6.45) is 0.889. The number of benzene rings is 2.